The molecule has 0 saturated carbocycles. The first-order valence-electron chi connectivity index (χ1n) is 3.80. The van der Waals surface area contributed by atoms with Crippen LogP contribution in [-0.2, 0) is 0 Å². The Kier molecular flexibility index (Phi) is 2.61. The van der Waals surface area contributed by atoms with Gasteiger partial charge in [-0.1, -0.05) is 0 Å². The van der Waals surface area contributed by atoms with Crippen molar-refractivity contribution in [2.45, 2.75) is 5.03 Å². The number of rotatable bonds is 2. The van der Waals surface area contributed by atoms with Crippen LogP contribution < -0.4 is 0 Å². The lowest BCUT2D eigenvalue weighted by atomic mass is 10.3. The fourth-order valence-electron chi connectivity index (χ4n) is 0.994. The molecule has 0 atom stereocenters. The smallest absolute Gasteiger partial charge is 0.124 e. The van der Waals surface area contributed by atoms with Crippen LogP contribution in [0.4, 0.5) is 0 Å². The van der Waals surface area contributed by atoms with E-state index in [1.165, 1.54) is 0 Å². The number of thiazole rings is 1. The van der Waals surface area contributed by atoms with Gasteiger partial charge in [-0.15, -0.1) is 23.1 Å². The molecule has 0 aliphatic heterocycles. The third kappa shape index (κ3) is 1.89. The van der Waals surface area contributed by atoms with Gasteiger partial charge in [-0.25, -0.2) is 9.97 Å². The van der Waals surface area contributed by atoms with Gasteiger partial charge in [-0.2, -0.15) is 0 Å². The van der Waals surface area contributed by atoms with E-state index in [2.05, 4.69) is 16.0 Å². The Morgan fingerprint density at radius 3 is 2.77 bits per heavy atom. The standard InChI is InChI=1S/C9H8N2S2/c1-12-8-3-2-7(6-11-8)9-10-4-5-13-9/h2-6H,1H3. The van der Waals surface area contributed by atoms with Crippen LogP contribution in [0.25, 0.3) is 10.6 Å². The van der Waals surface area contributed by atoms with E-state index in [1.807, 2.05) is 30.1 Å². The van der Waals surface area contributed by atoms with E-state index in [9.17, 15) is 0 Å². The molecule has 0 amide bonds. The molecule has 2 rings (SSSR count). The van der Waals surface area contributed by atoms with E-state index < -0.39 is 0 Å². The highest BCUT2D eigenvalue weighted by Crippen LogP contribution is 2.22. The van der Waals surface area contributed by atoms with E-state index in [0.717, 1.165) is 15.6 Å². The molecule has 2 nitrogen and oxygen atoms in total. The van der Waals surface area contributed by atoms with E-state index >= 15 is 0 Å². The number of thioether (sulfide) groups is 1. The van der Waals surface area contributed by atoms with E-state index in [0.29, 0.717) is 0 Å². The van der Waals surface area contributed by atoms with Gasteiger partial charge in [0.05, 0.1) is 5.03 Å². The van der Waals surface area contributed by atoms with Crippen LogP contribution in [-0.4, -0.2) is 16.2 Å². The third-order valence-corrected chi connectivity index (χ3v) is 3.11. The monoisotopic (exact) mass is 208 g/mol. The van der Waals surface area contributed by atoms with Crippen molar-refractivity contribution >= 4 is 23.1 Å². The van der Waals surface area contributed by atoms with Gasteiger partial charge in [-0.3, -0.25) is 0 Å². The molecule has 0 radical (unpaired) electrons. The van der Waals surface area contributed by atoms with E-state index in [4.69, 9.17) is 0 Å². The van der Waals surface area contributed by atoms with Crippen LogP contribution in [0.5, 0.6) is 0 Å². The number of aromatic nitrogens is 2. The van der Waals surface area contributed by atoms with Crippen LogP contribution in [0.2, 0.25) is 0 Å². The second-order valence-electron chi connectivity index (χ2n) is 2.43. The first-order valence-corrected chi connectivity index (χ1v) is 5.90. The first kappa shape index (κ1) is 8.72. The molecule has 0 aromatic carbocycles. The molecule has 0 bridgehead atoms. The van der Waals surface area contributed by atoms with Crippen molar-refractivity contribution in [3.05, 3.63) is 29.9 Å². The summed E-state index contributed by atoms with van der Waals surface area (Å²) >= 11 is 3.28. The Balaban J connectivity index is 2.33. The maximum Gasteiger partial charge on any atom is 0.124 e. The van der Waals surface area contributed by atoms with Crippen LogP contribution in [0.3, 0.4) is 0 Å². The molecular formula is C9H8N2S2. The second-order valence-corrected chi connectivity index (χ2v) is 4.15. The summed E-state index contributed by atoms with van der Waals surface area (Å²) in [5.74, 6) is 0. The molecule has 0 aliphatic carbocycles. The Bertz CT molecular complexity index is 367. The van der Waals surface area contributed by atoms with Gasteiger partial charge in [0.15, 0.2) is 0 Å². The zero-order chi connectivity index (χ0) is 9.10. The molecule has 0 saturated heterocycles. The molecule has 2 heterocycles. The zero-order valence-corrected chi connectivity index (χ0v) is 8.73. The SMILES string of the molecule is CSc1ccc(-c2nccs2)cn1. The summed E-state index contributed by atoms with van der Waals surface area (Å²) in [6, 6.07) is 4.07. The van der Waals surface area contributed by atoms with Crippen molar-refractivity contribution in [3.8, 4) is 10.6 Å². The quantitative estimate of drug-likeness (QED) is 0.710. The number of pyridine rings is 1. The average molecular weight is 208 g/mol. The summed E-state index contributed by atoms with van der Waals surface area (Å²) in [5.41, 5.74) is 1.09. The molecular weight excluding hydrogens is 200 g/mol. The van der Waals surface area contributed by atoms with Gasteiger partial charge in [0, 0.05) is 23.3 Å². The van der Waals surface area contributed by atoms with Gasteiger partial charge in [-0.05, 0) is 18.4 Å². The average Bonchev–Trinajstić information content (AvgIpc) is 2.71. The molecule has 0 N–H and O–H groups in total. The summed E-state index contributed by atoms with van der Waals surface area (Å²) in [4.78, 5) is 8.50. The molecule has 66 valence electrons. The van der Waals surface area contributed by atoms with Crippen molar-refractivity contribution in [2.75, 3.05) is 6.26 Å². The van der Waals surface area contributed by atoms with Crippen LogP contribution in [0, 0.1) is 0 Å². The minimum Gasteiger partial charge on any atom is -0.249 e. The molecule has 2 aromatic heterocycles. The number of hydrogen-bond donors (Lipinski definition) is 0. The fraction of sp³-hybridized carbons (Fsp3) is 0.111. The third-order valence-electron chi connectivity index (χ3n) is 1.62. The molecule has 13 heavy (non-hydrogen) atoms. The van der Waals surface area contributed by atoms with Gasteiger partial charge in [0.1, 0.15) is 5.01 Å². The van der Waals surface area contributed by atoms with Gasteiger partial charge < -0.3 is 0 Å². The van der Waals surface area contributed by atoms with Crippen molar-refractivity contribution < 1.29 is 0 Å². The Labute approximate surface area is 85.1 Å². The Hall–Kier alpha value is -0.870. The minimum absolute atomic E-state index is 1.03. The topological polar surface area (TPSA) is 25.8 Å². The van der Waals surface area contributed by atoms with E-state index in [1.54, 1.807) is 23.1 Å². The maximum atomic E-state index is 4.28. The highest BCUT2D eigenvalue weighted by Gasteiger charge is 1.99. The summed E-state index contributed by atoms with van der Waals surface area (Å²) in [6.07, 6.45) is 5.69. The lowest BCUT2D eigenvalue weighted by Gasteiger charge is -1.96. The minimum atomic E-state index is 1.03. The fourth-order valence-corrected chi connectivity index (χ4v) is 1.98. The maximum absolute atomic E-state index is 4.28. The predicted octanol–water partition coefficient (Wildman–Crippen LogP) is 2.93. The van der Waals surface area contributed by atoms with Gasteiger partial charge in [0.2, 0.25) is 0 Å². The molecule has 0 aliphatic rings. The van der Waals surface area contributed by atoms with Gasteiger partial charge in [0.25, 0.3) is 0 Å². The molecule has 0 spiro atoms. The highest BCUT2D eigenvalue weighted by atomic mass is 32.2. The summed E-state index contributed by atoms with van der Waals surface area (Å²) in [5, 5.41) is 4.04. The summed E-state index contributed by atoms with van der Waals surface area (Å²) in [6.45, 7) is 0. The number of nitrogens with zero attached hydrogens (tertiary/aromatic N) is 2. The summed E-state index contributed by atoms with van der Waals surface area (Å²) < 4.78 is 0. The Morgan fingerprint density at radius 2 is 2.23 bits per heavy atom. The summed E-state index contributed by atoms with van der Waals surface area (Å²) in [7, 11) is 0. The lowest BCUT2D eigenvalue weighted by Crippen LogP contribution is -1.80. The highest BCUT2D eigenvalue weighted by molar-refractivity contribution is 7.98. The normalized spacial score (nSPS) is 10.2. The van der Waals surface area contributed by atoms with Crippen molar-refractivity contribution in [1.82, 2.24) is 9.97 Å². The lowest BCUT2D eigenvalue weighted by molar-refractivity contribution is 1.14. The van der Waals surface area contributed by atoms with Gasteiger partial charge >= 0.3 is 0 Å². The Morgan fingerprint density at radius 1 is 1.31 bits per heavy atom. The number of hydrogen-bond acceptors (Lipinski definition) is 4. The van der Waals surface area contributed by atoms with Crippen LogP contribution in [0.15, 0.2) is 34.9 Å². The first-order chi connectivity index (χ1) is 6.40. The zero-order valence-electron chi connectivity index (χ0n) is 7.10. The molecule has 2 aromatic rings. The van der Waals surface area contributed by atoms with Crippen molar-refractivity contribution in [3.63, 3.8) is 0 Å². The van der Waals surface area contributed by atoms with E-state index in [-0.39, 0.29) is 0 Å². The van der Waals surface area contributed by atoms with Crippen molar-refractivity contribution in [2.24, 2.45) is 0 Å². The largest absolute Gasteiger partial charge is 0.249 e. The van der Waals surface area contributed by atoms with Crippen molar-refractivity contribution in [1.29, 1.82) is 0 Å². The molecule has 4 heteroatoms. The molecule has 0 fully saturated rings. The van der Waals surface area contributed by atoms with Crippen LogP contribution >= 0.6 is 23.1 Å². The predicted molar refractivity (Wildman–Crippen MR) is 57.1 cm³/mol. The molecule has 0 unspecified atom stereocenters. The second kappa shape index (κ2) is 3.89. The van der Waals surface area contributed by atoms with Crippen LogP contribution in [0.1, 0.15) is 0 Å².